The average Bonchev–Trinajstić information content (AvgIpc) is 2.66. The van der Waals surface area contributed by atoms with Gasteiger partial charge in [0.2, 0.25) is 0 Å². The molecule has 0 atom stereocenters. The molecule has 0 aliphatic heterocycles. The highest BCUT2D eigenvalue weighted by atomic mass is 32.2. The van der Waals surface area contributed by atoms with Crippen LogP contribution in [0.5, 0.6) is 0 Å². The van der Waals surface area contributed by atoms with E-state index in [1.165, 1.54) is 0 Å². The van der Waals surface area contributed by atoms with Crippen molar-refractivity contribution in [3.05, 3.63) is 11.3 Å². The first-order valence-electron chi connectivity index (χ1n) is 6.51. The van der Waals surface area contributed by atoms with Crippen molar-refractivity contribution >= 4 is 10.0 Å². The largest absolute Gasteiger partial charge is 0.310 e. The number of nitrogens with one attached hydrogen (secondary N) is 3. The molecule has 1 aromatic rings. The smallest absolute Gasteiger partial charge is 0.260 e. The number of hydrogen-bond acceptors (Lipinski definition) is 4. The van der Waals surface area contributed by atoms with E-state index in [4.69, 9.17) is 0 Å². The Hall–Kier alpha value is -0.920. The Balaban J connectivity index is 2.93. The number of aromatic amines is 1. The first-order chi connectivity index (χ1) is 8.74. The average molecular weight is 288 g/mol. The first-order valence-corrected chi connectivity index (χ1v) is 7.99. The molecular formula is C12H24N4O2S. The zero-order valence-electron chi connectivity index (χ0n) is 12.2. The third-order valence-corrected chi connectivity index (χ3v) is 4.05. The first kappa shape index (κ1) is 16.1. The molecule has 0 radical (unpaired) electrons. The lowest BCUT2D eigenvalue weighted by Crippen LogP contribution is -2.30. The zero-order chi connectivity index (χ0) is 14.6. The van der Waals surface area contributed by atoms with Gasteiger partial charge < -0.3 is 5.32 Å². The fourth-order valence-corrected chi connectivity index (χ4v) is 2.92. The molecule has 0 bridgehead atoms. The maximum absolute atomic E-state index is 12.2. The van der Waals surface area contributed by atoms with Crippen LogP contribution in [0.4, 0.5) is 0 Å². The van der Waals surface area contributed by atoms with Gasteiger partial charge in [-0.05, 0) is 12.8 Å². The number of aromatic nitrogens is 2. The van der Waals surface area contributed by atoms with Crippen LogP contribution in [0.15, 0.2) is 5.03 Å². The molecule has 1 heterocycles. The fraction of sp³-hybridized carbons (Fsp3) is 0.750. The van der Waals surface area contributed by atoms with Crippen LogP contribution < -0.4 is 10.0 Å². The molecule has 0 fully saturated rings. The molecule has 19 heavy (non-hydrogen) atoms. The van der Waals surface area contributed by atoms with E-state index in [1.54, 1.807) is 0 Å². The Labute approximate surface area is 115 Å². The monoisotopic (exact) mass is 288 g/mol. The molecule has 110 valence electrons. The van der Waals surface area contributed by atoms with Crippen LogP contribution in [-0.4, -0.2) is 31.2 Å². The van der Waals surface area contributed by atoms with Gasteiger partial charge in [0.05, 0.1) is 0 Å². The zero-order valence-corrected chi connectivity index (χ0v) is 13.1. The molecule has 0 aromatic carbocycles. The lowest BCUT2D eigenvalue weighted by molar-refractivity contribution is 0.550. The number of nitrogens with zero attached hydrogens (tertiary/aromatic N) is 1. The summed E-state index contributed by atoms with van der Waals surface area (Å²) < 4.78 is 27.0. The van der Waals surface area contributed by atoms with Gasteiger partial charge in [0.1, 0.15) is 0 Å². The van der Waals surface area contributed by atoms with E-state index >= 15 is 0 Å². The minimum atomic E-state index is -3.55. The summed E-state index contributed by atoms with van der Waals surface area (Å²) in [4.78, 5) is 0. The van der Waals surface area contributed by atoms with E-state index in [2.05, 4.69) is 20.2 Å². The molecule has 3 N–H and O–H groups in total. The quantitative estimate of drug-likeness (QED) is 0.702. The third-order valence-electron chi connectivity index (χ3n) is 2.66. The Bertz CT molecular complexity index is 506. The predicted molar refractivity (Wildman–Crippen MR) is 75.3 cm³/mol. The van der Waals surface area contributed by atoms with E-state index in [0.29, 0.717) is 18.7 Å². The van der Waals surface area contributed by atoms with Crippen LogP contribution in [0.25, 0.3) is 0 Å². The molecule has 1 aromatic heterocycles. The second-order valence-corrected chi connectivity index (χ2v) is 7.10. The van der Waals surface area contributed by atoms with Crippen molar-refractivity contribution in [3.8, 4) is 0 Å². The maximum Gasteiger partial charge on any atom is 0.260 e. The second-order valence-electron chi connectivity index (χ2n) is 5.41. The van der Waals surface area contributed by atoms with Gasteiger partial charge in [-0.2, -0.15) is 5.10 Å². The number of aryl methyl sites for hydroxylation is 1. The third kappa shape index (κ3) is 4.59. The number of sulfonamides is 1. The van der Waals surface area contributed by atoms with Crippen LogP contribution in [0.2, 0.25) is 0 Å². The van der Waals surface area contributed by atoms with Gasteiger partial charge in [-0.1, -0.05) is 27.7 Å². The maximum atomic E-state index is 12.2. The van der Waals surface area contributed by atoms with Gasteiger partial charge in [-0.3, -0.25) is 5.10 Å². The summed E-state index contributed by atoms with van der Waals surface area (Å²) in [5, 5.41) is 9.98. The van der Waals surface area contributed by atoms with Gasteiger partial charge in [0, 0.05) is 30.4 Å². The summed E-state index contributed by atoms with van der Waals surface area (Å²) in [5.41, 5.74) is 1.48. The van der Waals surface area contributed by atoms with E-state index < -0.39 is 10.0 Å². The topological polar surface area (TPSA) is 86.9 Å². The summed E-state index contributed by atoms with van der Waals surface area (Å²) in [6.07, 6.45) is 0. The minimum Gasteiger partial charge on any atom is -0.310 e. The molecular weight excluding hydrogens is 264 g/mol. The molecule has 0 saturated heterocycles. The number of H-pyrrole nitrogens is 1. The molecule has 0 spiro atoms. The molecule has 1 rings (SSSR count). The van der Waals surface area contributed by atoms with Crippen molar-refractivity contribution in [3.63, 3.8) is 0 Å². The lowest BCUT2D eigenvalue weighted by atomic mass is 10.2. The Morgan fingerprint density at radius 3 is 2.42 bits per heavy atom. The Morgan fingerprint density at radius 2 is 1.89 bits per heavy atom. The van der Waals surface area contributed by atoms with Crippen molar-refractivity contribution in [1.82, 2.24) is 20.2 Å². The second kappa shape index (κ2) is 6.49. The van der Waals surface area contributed by atoms with Crippen LogP contribution in [0.3, 0.4) is 0 Å². The number of rotatable bonds is 7. The minimum absolute atomic E-state index is 0.0961. The van der Waals surface area contributed by atoms with Crippen molar-refractivity contribution in [2.75, 3.05) is 6.54 Å². The van der Waals surface area contributed by atoms with Crippen molar-refractivity contribution < 1.29 is 8.42 Å². The van der Waals surface area contributed by atoms with Crippen LogP contribution in [0, 0.1) is 12.8 Å². The molecule has 0 unspecified atom stereocenters. The molecule has 0 aliphatic rings. The van der Waals surface area contributed by atoms with E-state index in [9.17, 15) is 8.42 Å². The molecule has 0 saturated carbocycles. The van der Waals surface area contributed by atoms with Gasteiger partial charge in [-0.25, -0.2) is 13.1 Å². The SMILES string of the molecule is Cc1[nH]nc(S(=O)(=O)NCC(C)C)c1CNC(C)C. The van der Waals surface area contributed by atoms with Crippen LogP contribution in [-0.2, 0) is 16.6 Å². The Kier molecular flexibility index (Phi) is 5.51. The van der Waals surface area contributed by atoms with E-state index in [-0.39, 0.29) is 17.0 Å². The summed E-state index contributed by atoms with van der Waals surface area (Å²) in [7, 11) is -3.55. The molecule has 6 nitrogen and oxygen atoms in total. The van der Waals surface area contributed by atoms with Gasteiger partial charge in [-0.15, -0.1) is 0 Å². The van der Waals surface area contributed by atoms with Crippen molar-refractivity contribution in [2.45, 2.75) is 52.2 Å². The fourth-order valence-electron chi connectivity index (χ4n) is 1.51. The van der Waals surface area contributed by atoms with Crippen LogP contribution in [0.1, 0.15) is 39.0 Å². The van der Waals surface area contributed by atoms with E-state index in [0.717, 1.165) is 5.69 Å². The summed E-state index contributed by atoms with van der Waals surface area (Å²) in [5.74, 6) is 0.257. The highest BCUT2D eigenvalue weighted by Crippen LogP contribution is 2.16. The summed E-state index contributed by atoms with van der Waals surface area (Å²) in [6, 6.07) is 0.286. The van der Waals surface area contributed by atoms with Crippen LogP contribution >= 0.6 is 0 Å². The van der Waals surface area contributed by atoms with Gasteiger partial charge in [0.15, 0.2) is 5.03 Å². The Morgan fingerprint density at radius 1 is 1.26 bits per heavy atom. The standard InChI is InChI=1S/C12H24N4O2S/c1-8(2)6-14-19(17,18)12-11(7-13-9(3)4)10(5)15-16-12/h8-9,13-14H,6-7H2,1-5H3,(H,15,16). The lowest BCUT2D eigenvalue weighted by Gasteiger charge is -2.11. The van der Waals surface area contributed by atoms with E-state index in [1.807, 2.05) is 34.6 Å². The molecule has 7 heteroatoms. The van der Waals surface area contributed by atoms with Crippen molar-refractivity contribution in [1.29, 1.82) is 0 Å². The molecule has 0 amide bonds. The predicted octanol–water partition coefficient (Wildman–Crippen LogP) is 1.15. The number of hydrogen-bond donors (Lipinski definition) is 3. The van der Waals surface area contributed by atoms with Gasteiger partial charge in [0.25, 0.3) is 10.0 Å². The normalized spacial score (nSPS) is 12.6. The molecule has 0 aliphatic carbocycles. The highest BCUT2D eigenvalue weighted by molar-refractivity contribution is 7.89. The summed E-state index contributed by atoms with van der Waals surface area (Å²) >= 11 is 0. The highest BCUT2D eigenvalue weighted by Gasteiger charge is 2.23. The summed E-state index contributed by atoms with van der Waals surface area (Å²) in [6.45, 7) is 10.7. The van der Waals surface area contributed by atoms with Crippen molar-refractivity contribution in [2.24, 2.45) is 5.92 Å². The van der Waals surface area contributed by atoms with Gasteiger partial charge >= 0.3 is 0 Å².